The Bertz CT molecular complexity index is 688. The van der Waals surface area contributed by atoms with E-state index in [9.17, 15) is 22.8 Å². The molecule has 8 nitrogen and oxygen atoms in total. The molecule has 2 rings (SSSR count). The number of aromatic nitrogens is 2. The zero-order valence-electron chi connectivity index (χ0n) is 15.4. The second-order valence-corrected chi connectivity index (χ2v) is 6.92. The third-order valence-corrected chi connectivity index (χ3v) is 3.73. The average Bonchev–Trinajstić information content (AvgIpc) is 2.58. The zero-order chi connectivity index (χ0) is 20.4. The molecule has 0 radical (unpaired) electrons. The molecule has 1 aromatic heterocycles. The number of carbonyl (C=O) groups is 2. The highest BCUT2D eigenvalue weighted by molar-refractivity contribution is 5.81. The van der Waals surface area contributed by atoms with E-state index in [0.717, 1.165) is 6.20 Å². The quantitative estimate of drug-likeness (QED) is 0.715. The van der Waals surface area contributed by atoms with Crippen LogP contribution in [0.3, 0.4) is 0 Å². The summed E-state index contributed by atoms with van der Waals surface area (Å²) < 4.78 is 48.0. The maximum Gasteiger partial charge on any atom is 0.434 e. The fraction of sp³-hybridized carbons (Fsp3) is 0.625. The molecule has 0 spiro atoms. The van der Waals surface area contributed by atoms with Crippen LogP contribution in [0, 0.1) is 0 Å². The second-order valence-electron chi connectivity index (χ2n) is 6.92. The van der Waals surface area contributed by atoms with Crippen LogP contribution in [-0.4, -0.2) is 65.3 Å². The van der Waals surface area contributed by atoms with Gasteiger partial charge < -0.3 is 19.3 Å². The number of ether oxygens (including phenoxy) is 2. The molecule has 1 amide bonds. The zero-order valence-corrected chi connectivity index (χ0v) is 15.4. The van der Waals surface area contributed by atoms with Crippen LogP contribution in [0.1, 0.15) is 26.5 Å². The van der Waals surface area contributed by atoms with Gasteiger partial charge in [-0.3, -0.25) is 0 Å². The molecule has 0 bridgehead atoms. The van der Waals surface area contributed by atoms with E-state index in [1.807, 2.05) is 0 Å². The van der Waals surface area contributed by atoms with Gasteiger partial charge in [-0.05, 0) is 20.8 Å². The molecule has 150 valence electrons. The Balaban J connectivity index is 2.20. The van der Waals surface area contributed by atoms with Gasteiger partial charge >= 0.3 is 18.2 Å². The van der Waals surface area contributed by atoms with Crippen LogP contribution in [-0.2, 0) is 20.4 Å². The van der Waals surface area contributed by atoms with Crippen molar-refractivity contribution in [2.75, 3.05) is 31.6 Å². The average molecular weight is 390 g/mol. The van der Waals surface area contributed by atoms with Crippen molar-refractivity contribution in [3.05, 3.63) is 18.1 Å². The van der Waals surface area contributed by atoms with E-state index in [1.54, 1.807) is 20.8 Å². The third-order valence-electron chi connectivity index (χ3n) is 3.73. The lowest BCUT2D eigenvalue weighted by atomic mass is 10.1. The molecule has 2 heterocycles. The summed E-state index contributed by atoms with van der Waals surface area (Å²) in [5.41, 5.74) is -1.83. The van der Waals surface area contributed by atoms with Crippen LogP contribution in [0.25, 0.3) is 0 Å². The molecule has 0 aromatic carbocycles. The first-order valence-corrected chi connectivity index (χ1v) is 8.14. The number of amides is 1. The van der Waals surface area contributed by atoms with E-state index in [0.29, 0.717) is 6.20 Å². The maximum absolute atomic E-state index is 12.6. The first kappa shape index (κ1) is 20.7. The van der Waals surface area contributed by atoms with Gasteiger partial charge in [-0.2, -0.15) is 13.2 Å². The summed E-state index contributed by atoms with van der Waals surface area (Å²) in [6.45, 7) is 5.46. The smallest absolute Gasteiger partial charge is 0.434 e. The molecule has 11 heteroatoms. The van der Waals surface area contributed by atoms with E-state index in [4.69, 9.17) is 9.47 Å². The molecule has 0 N–H and O–H groups in total. The van der Waals surface area contributed by atoms with E-state index >= 15 is 0 Å². The number of hydrogen-bond acceptors (Lipinski definition) is 7. The summed E-state index contributed by atoms with van der Waals surface area (Å²) in [6, 6.07) is -0.942. The number of anilines is 1. The van der Waals surface area contributed by atoms with Crippen molar-refractivity contribution in [2.45, 2.75) is 38.6 Å². The Morgan fingerprint density at radius 3 is 2.30 bits per heavy atom. The summed E-state index contributed by atoms with van der Waals surface area (Å²) in [4.78, 5) is 34.3. The highest BCUT2D eigenvalue weighted by atomic mass is 19.4. The van der Waals surface area contributed by atoms with Crippen molar-refractivity contribution in [3.63, 3.8) is 0 Å². The molecule has 0 saturated carbocycles. The number of halogens is 3. The van der Waals surface area contributed by atoms with Gasteiger partial charge in [-0.1, -0.05) is 0 Å². The lowest BCUT2D eigenvalue weighted by molar-refractivity contribution is -0.143. The molecule has 1 aliphatic heterocycles. The molecule has 1 fully saturated rings. The van der Waals surface area contributed by atoms with Crippen LogP contribution in [0.15, 0.2) is 12.4 Å². The van der Waals surface area contributed by atoms with Gasteiger partial charge in [0.15, 0.2) is 5.69 Å². The summed E-state index contributed by atoms with van der Waals surface area (Å²) in [5.74, 6) is -0.563. The molecule has 0 unspecified atom stereocenters. The second kappa shape index (κ2) is 7.57. The lowest BCUT2D eigenvalue weighted by Crippen LogP contribution is -2.59. The predicted molar refractivity (Wildman–Crippen MR) is 88.0 cm³/mol. The first-order valence-electron chi connectivity index (χ1n) is 8.14. The van der Waals surface area contributed by atoms with Gasteiger partial charge in [0.2, 0.25) is 0 Å². The van der Waals surface area contributed by atoms with Crippen LogP contribution in [0.2, 0.25) is 0 Å². The normalized spacial score (nSPS) is 18.3. The van der Waals surface area contributed by atoms with Crippen molar-refractivity contribution < 1.29 is 32.2 Å². The highest BCUT2D eigenvalue weighted by Crippen LogP contribution is 2.28. The van der Waals surface area contributed by atoms with E-state index in [-0.39, 0.29) is 25.5 Å². The van der Waals surface area contributed by atoms with Crippen LogP contribution in [0.4, 0.5) is 23.8 Å². The molecular weight excluding hydrogens is 369 g/mol. The number of piperazine rings is 1. The fourth-order valence-corrected chi connectivity index (χ4v) is 2.50. The first-order chi connectivity index (χ1) is 12.4. The number of methoxy groups -OCH3 is 1. The minimum Gasteiger partial charge on any atom is -0.467 e. The van der Waals surface area contributed by atoms with Crippen LogP contribution < -0.4 is 4.90 Å². The van der Waals surface area contributed by atoms with Gasteiger partial charge in [-0.25, -0.2) is 19.6 Å². The minimum absolute atomic E-state index is 0.0513. The third kappa shape index (κ3) is 5.20. The van der Waals surface area contributed by atoms with Crippen molar-refractivity contribution in [1.29, 1.82) is 0 Å². The van der Waals surface area contributed by atoms with Crippen molar-refractivity contribution >= 4 is 17.9 Å². The van der Waals surface area contributed by atoms with Crippen LogP contribution in [0.5, 0.6) is 0 Å². The number of hydrogen-bond donors (Lipinski definition) is 0. The number of esters is 1. The van der Waals surface area contributed by atoms with Gasteiger partial charge in [0, 0.05) is 13.1 Å². The Hall–Kier alpha value is -2.59. The summed E-state index contributed by atoms with van der Waals surface area (Å²) >= 11 is 0. The van der Waals surface area contributed by atoms with E-state index < -0.39 is 35.6 Å². The fourth-order valence-electron chi connectivity index (χ4n) is 2.50. The molecule has 1 saturated heterocycles. The number of alkyl halides is 3. The lowest BCUT2D eigenvalue weighted by Gasteiger charge is -2.40. The monoisotopic (exact) mass is 390 g/mol. The number of nitrogens with zero attached hydrogens (tertiary/aromatic N) is 4. The molecule has 0 aliphatic carbocycles. The van der Waals surface area contributed by atoms with Crippen molar-refractivity contribution in [2.24, 2.45) is 0 Å². The molecular formula is C16H21F3N4O4. The number of carbonyl (C=O) groups excluding carboxylic acids is 2. The molecule has 27 heavy (non-hydrogen) atoms. The van der Waals surface area contributed by atoms with Crippen LogP contribution >= 0.6 is 0 Å². The van der Waals surface area contributed by atoms with Gasteiger partial charge in [0.1, 0.15) is 17.5 Å². The minimum atomic E-state index is -4.61. The maximum atomic E-state index is 12.6. The van der Waals surface area contributed by atoms with E-state index in [2.05, 4.69) is 9.97 Å². The number of rotatable bonds is 2. The Morgan fingerprint density at radius 1 is 1.15 bits per heavy atom. The van der Waals surface area contributed by atoms with Gasteiger partial charge in [-0.15, -0.1) is 0 Å². The molecule has 1 aliphatic rings. The standard InChI is InChI=1S/C16H21F3N4O4/c1-15(2,3)27-14(25)22-5-6-23(10(9-22)13(24)26-4)12-8-20-11(7-21-12)16(17,18)19/h7-8,10H,5-6,9H2,1-4H3/t10-/m1/s1. The Kier molecular flexibility index (Phi) is 5.81. The Morgan fingerprint density at radius 2 is 1.81 bits per heavy atom. The molecule has 1 aromatic rings. The summed E-state index contributed by atoms with van der Waals surface area (Å²) in [5, 5.41) is 0. The highest BCUT2D eigenvalue weighted by Gasteiger charge is 2.38. The summed E-state index contributed by atoms with van der Waals surface area (Å²) in [7, 11) is 1.19. The van der Waals surface area contributed by atoms with Crippen molar-refractivity contribution in [1.82, 2.24) is 14.9 Å². The summed E-state index contributed by atoms with van der Waals surface area (Å²) in [6.07, 6.45) is -3.65. The van der Waals surface area contributed by atoms with Gasteiger partial charge in [0.25, 0.3) is 0 Å². The van der Waals surface area contributed by atoms with Crippen molar-refractivity contribution in [3.8, 4) is 0 Å². The topological polar surface area (TPSA) is 84.9 Å². The largest absolute Gasteiger partial charge is 0.467 e. The predicted octanol–water partition coefficient (Wildman–Crippen LogP) is 2.09. The molecule has 1 atom stereocenters. The Labute approximate surface area is 154 Å². The SMILES string of the molecule is COC(=O)[C@H]1CN(C(=O)OC(C)(C)C)CCN1c1cnc(C(F)(F)F)cn1. The van der Waals surface area contributed by atoms with E-state index in [1.165, 1.54) is 16.9 Å². The van der Waals surface area contributed by atoms with Gasteiger partial charge in [0.05, 0.1) is 26.0 Å².